The predicted octanol–water partition coefficient (Wildman–Crippen LogP) is 2.03. The SMILES string of the molecule is CC(C)NS(=O)(=O)NCC(c1ccco1)N1CCCCCC1. The molecule has 1 aliphatic heterocycles. The molecule has 1 aliphatic rings. The maximum Gasteiger partial charge on any atom is 0.277 e. The minimum Gasteiger partial charge on any atom is -0.468 e. The minimum atomic E-state index is -3.48. The lowest BCUT2D eigenvalue weighted by Gasteiger charge is -2.29. The summed E-state index contributed by atoms with van der Waals surface area (Å²) in [6.07, 6.45) is 6.41. The highest BCUT2D eigenvalue weighted by Gasteiger charge is 2.25. The lowest BCUT2D eigenvalue weighted by molar-refractivity contribution is 0.182. The second-order valence-corrected chi connectivity index (χ2v) is 7.64. The summed E-state index contributed by atoms with van der Waals surface area (Å²) < 4.78 is 34.7. The Labute approximate surface area is 133 Å². The van der Waals surface area contributed by atoms with Gasteiger partial charge >= 0.3 is 0 Å². The van der Waals surface area contributed by atoms with Gasteiger partial charge in [-0.15, -0.1) is 0 Å². The van der Waals surface area contributed by atoms with Crippen LogP contribution in [0.25, 0.3) is 0 Å². The largest absolute Gasteiger partial charge is 0.468 e. The highest BCUT2D eigenvalue weighted by atomic mass is 32.2. The fourth-order valence-corrected chi connectivity index (χ4v) is 3.92. The van der Waals surface area contributed by atoms with E-state index in [1.54, 1.807) is 20.1 Å². The first kappa shape index (κ1) is 17.5. The molecule has 22 heavy (non-hydrogen) atoms. The van der Waals surface area contributed by atoms with Crippen molar-refractivity contribution in [3.05, 3.63) is 24.2 Å². The molecule has 1 saturated heterocycles. The Kier molecular flexibility index (Phi) is 6.43. The molecule has 0 spiro atoms. The summed E-state index contributed by atoms with van der Waals surface area (Å²) >= 11 is 0. The maximum atomic E-state index is 12.0. The van der Waals surface area contributed by atoms with E-state index in [2.05, 4.69) is 14.3 Å². The summed E-state index contributed by atoms with van der Waals surface area (Å²) in [5.41, 5.74) is 0. The third-order valence-electron chi connectivity index (χ3n) is 3.81. The molecule has 1 aromatic rings. The first-order chi connectivity index (χ1) is 10.5. The van der Waals surface area contributed by atoms with Gasteiger partial charge in [-0.1, -0.05) is 12.8 Å². The van der Waals surface area contributed by atoms with Gasteiger partial charge in [-0.05, 0) is 51.9 Å². The van der Waals surface area contributed by atoms with Gasteiger partial charge in [-0.2, -0.15) is 13.1 Å². The van der Waals surface area contributed by atoms with E-state index in [-0.39, 0.29) is 12.1 Å². The second kappa shape index (κ2) is 8.10. The number of furan rings is 1. The van der Waals surface area contributed by atoms with Crippen molar-refractivity contribution in [3.63, 3.8) is 0 Å². The Bertz CT molecular complexity index is 520. The molecule has 6 nitrogen and oxygen atoms in total. The Hall–Kier alpha value is -0.890. The molecule has 7 heteroatoms. The fourth-order valence-electron chi connectivity index (χ4n) is 2.84. The van der Waals surface area contributed by atoms with Crippen molar-refractivity contribution in [2.75, 3.05) is 19.6 Å². The van der Waals surface area contributed by atoms with E-state index in [9.17, 15) is 8.42 Å². The van der Waals surface area contributed by atoms with Crippen molar-refractivity contribution in [1.29, 1.82) is 0 Å². The lowest BCUT2D eigenvalue weighted by atomic mass is 10.2. The van der Waals surface area contributed by atoms with Crippen LogP contribution in [0.5, 0.6) is 0 Å². The van der Waals surface area contributed by atoms with Crippen LogP contribution in [0.3, 0.4) is 0 Å². The quantitative estimate of drug-likeness (QED) is 0.803. The van der Waals surface area contributed by atoms with Gasteiger partial charge in [-0.25, -0.2) is 4.72 Å². The zero-order chi connectivity index (χ0) is 16.0. The van der Waals surface area contributed by atoms with Crippen molar-refractivity contribution in [1.82, 2.24) is 14.3 Å². The number of rotatable bonds is 7. The number of hydrogen-bond acceptors (Lipinski definition) is 4. The Balaban J connectivity index is 2.05. The number of hydrogen-bond donors (Lipinski definition) is 2. The van der Waals surface area contributed by atoms with Crippen LogP contribution in [0.2, 0.25) is 0 Å². The van der Waals surface area contributed by atoms with E-state index in [0.29, 0.717) is 6.54 Å². The van der Waals surface area contributed by atoms with Crippen LogP contribution >= 0.6 is 0 Å². The van der Waals surface area contributed by atoms with Crippen molar-refractivity contribution in [2.45, 2.75) is 51.6 Å². The maximum absolute atomic E-state index is 12.0. The van der Waals surface area contributed by atoms with Gasteiger partial charge in [0.1, 0.15) is 5.76 Å². The van der Waals surface area contributed by atoms with E-state index in [1.165, 1.54) is 12.8 Å². The molecule has 0 amide bonds. The molecule has 2 rings (SSSR count). The van der Waals surface area contributed by atoms with Gasteiger partial charge in [0.05, 0.1) is 12.3 Å². The molecule has 126 valence electrons. The van der Waals surface area contributed by atoms with Gasteiger partial charge in [0.15, 0.2) is 0 Å². The summed E-state index contributed by atoms with van der Waals surface area (Å²) in [5, 5.41) is 0. The summed E-state index contributed by atoms with van der Waals surface area (Å²) in [7, 11) is -3.48. The lowest BCUT2D eigenvalue weighted by Crippen LogP contribution is -2.44. The van der Waals surface area contributed by atoms with E-state index in [4.69, 9.17) is 4.42 Å². The van der Waals surface area contributed by atoms with Crippen molar-refractivity contribution < 1.29 is 12.8 Å². The Morgan fingerprint density at radius 3 is 2.45 bits per heavy atom. The predicted molar refractivity (Wildman–Crippen MR) is 86.7 cm³/mol. The van der Waals surface area contributed by atoms with Gasteiger partial charge in [-0.3, -0.25) is 4.90 Å². The van der Waals surface area contributed by atoms with E-state index < -0.39 is 10.2 Å². The molecule has 0 aromatic carbocycles. The molecule has 1 fully saturated rings. The van der Waals surface area contributed by atoms with E-state index in [0.717, 1.165) is 31.7 Å². The molecule has 2 N–H and O–H groups in total. The van der Waals surface area contributed by atoms with Gasteiger partial charge < -0.3 is 4.42 Å². The molecule has 1 unspecified atom stereocenters. The van der Waals surface area contributed by atoms with E-state index >= 15 is 0 Å². The first-order valence-corrected chi connectivity index (χ1v) is 9.50. The van der Waals surface area contributed by atoms with Crippen LogP contribution in [0, 0.1) is 0 Å². The average Bonchev–Trinajstić information content (AvgIpc) is 2.81. The standard InChI is InChI=1S/C15H27N3O3S/c1-13(2)17-22(19,20)16-12-14(15-8-7-11-21-15)18-9-5-3-4-6-10-18/h7-8,11,13-14,16-17H,3-6,9-10,12H2,1-2H3. The zero-order valence-electron chi connectivity index (χ0n) is 13.4. The topological polar surface area (TPSA) is 74.6 Å². The number of nitrogens with one attached hydrogen (secondary N) is 2. The van der Waals surface area contributed by atoms with E-state index in [1.807, 2.05) is 12.1 Å². The Morgan fingerprint density at radius 1 is 1.23 bits per heavy atom. The molecule has 0 bridgehead atoms. The van der Waals surface area contributed by atoms with Crippen LogP contribution < -0.4 is 9.44 Å². The normalized spacial score (nSPS) is 19.2. The Morgan fingerprint density at radius 2 is 1.91 bits per heavy atom. The average molecular weight is 329 g/mol. The number of nitrogens with zero attached hydrogens (tertiary/aromatic N) is 1. The van der Waals surface area contributed by atoms with Crippen LogP contribution in [-0.4, -0.2) is 39.0 Å². The second-order valence-electron chi connectivity index (χ2n) is 6.11. The summed E-state index contributed by atoms with van der Waals surface area (Å²) in [6, 6.07) is 3.58. The third kappa shape index (κ3) is 5.39. The molecule has 1 aromatic heterocycles. The van der Waals surface area contributed by atoms with Crippen molar-refractivity contribution in [2.24, 2.45) is 0 Å². The molecule has 0 radical (unpaired) electrons. The summed E-state index contributed by atoms with van der Waals surface area (Å²) in [5.74, 6) is 0.814. The zero-order valence-corrected chi connectivity index (χ0v) is 14.2. The highest BCUT2D eigenvalue weighted by molar-refractivity contribution is 7.87. The molecular weight excluding hydrogens is 302 g/mol. The smallest absolute Gasteiger partial charge is 0.277 e. The van der Waals surface area contributed by atoms with Crippen molar-refractivity contribution in [3.8, 4) is 0 Å². The van der Waals surface area contributed by atoms with Gasteiger partial charge in [0, 0.05) is 12.6 Å². The van der Waals surface area contributed by atoms with Crippen LogP contribution in [0.1, 0.15) is 51.3 Å². The van der Waals surface area contributed by atoms with Crippen LogP contribution in [0.4, 0.5) is 0 Å². The van der Waals surface area contributed by atoms with Gasteiger partial charge in [0.25, 0.3) is 10.2 Å². The molecule has 0 saturated carbocycles. The number of likely N-dealkylation sites (tertiary alicyclic amines) is 1. The van der Waals surface area contributed by atoms with Gasteiger partial charge in [0.2, 0.25) is 0 Å². The van der Waals surface area contributed by atoms with Crippen LogP contribution in [0.15, 0.2) is 22.8 Å². The minimum absolute atomic E-state index is 0.0585. The molecule has 0 aliphatic carbocycles. The summed E-state index contributed by atoms with van der Waals surface area (Å²) in [6.45, 7) is 5.88. The molecular formula is C15H27N3O3S. The molecule has 1 atom stereocenters. The monoisotopic (exact) mass is 329 g/mol. The summed E-state index contributed by atoms with van der Waals surface area (Å²) in [4.78, 5) is 2.32. The third-order valence-corrected chi connectivity index (χ3v) is 5.14. The first-order valence-electron chi connectivity index (χ1n) is 8.02. The van der Waals surface area contributed by atoms with Crippen molar-refractivity contribution >= 4 is 10.2 Å². The highest BCUT2D eigenvalue weighted by Crippen LogP contribution is 2.24. The van der Waals surface area contributed by atoms with Crippen LogP contribution in [-0.2, 0) is 10.2 Å². The fraction of sp³-hybridized carbons (Fsp3) is 0.733. The molecule has 2 heterocycles.